The SMILES string of the molecule is CCC1OC(=O)N(Cc2ccc(NC(=O)c3ccccn3)cc2)N=C1c1ccc(OC(F)(F)F)c(OC)c1. The van der Waals surface area contributed by atoms with Crippen LogP contribution < -0.4 is 14.8 Å². The van der Waals surface area contributed by atoms with Crippen molar-refractivity contribution in [2.45, 2.75) is 32.4 Å². The fourth-order valence-corrected chi connectivity index (χ4v) is 3.69. The van der Waals surface area contributed by atoms with Gasteiger partial charge in [0.1, 0.15) is 17.5 Å². The molecule has 0 radical (unpaired) electrons. The number of hydrogen-bond donors (Lipinski definition) is 1. The zero-order valence-corrected chi connectivity index (χ0v) is 20.4. The smallest absolute Gasteiger partial charge is 0.493 e. The largest absolute Gasteiger partial charge is 0.573 e. The molecule has 0 saturated carbocycles. The Morgan fingerprint density at radius 2 is 1.87 bits per heavy atom. The maximum Gasteiger partial charge on any atom is 0.573 e. The van der Waals surface area contributed by atoms with Crippen LogP contribution in [0.15, 0.2) is 72.0 Å². The summed E-state index contributed by atoms with van der Waals surface area (Å²) in [5, 5.41) is 8.31. The van der Waals surface area contributed by atoms with Gasteiger partial charge in [-0.15, -0.1) is 13.2 Å². The second-order valence-electron chi connectivity index (χ2n) is 8.10. The van der Waals surface area contributed by atoms with E-state index in [4.69, 9.17) is 9.47 Å². The van der Waals surface area contributed by atoms with Crippen molar-refractivity contribution in [1.29, 1.82) is 0 Å². The number of halogens is 3. The molecule has 0 spiro atoms. The molecule has 4 rings (SSSR count). The summed E-state index contributed by atoms with van der Waals surface area (Å²) in [4.78, 5) is 28.9. The summed E-state index contributed by atoms with van der Waals surface area (Å²) >= 11 is 0. The molecule has 0 fully saturated rings. The normalized spacial score (nSPS) is 15.4. The number of methoxy groups -OCH3 is 1. The molecule has 0 saturated heterocycles. The zero-order chi connectivity index (χ0) is 27.3. The van der Waals surface area contributed by atoms with Crippen LogP contribution in [-0.2, 0) is 11.3 Å². The molecule has 1 N–H and O–H groups in total. The monoisotopic (exact) mass is 528 g/mol. The molecule has 198 valence electrons. The Bertz CT molecular complexity index is 1330. The van der Waals surface area contributed by atoms with Crippen LogP contribution >= 0.6 is 0 Å². The lowest BCUT2D eigenvalue weighted by molar-refractivity contribution is -0.275. The van der Waals surface area contributed by atoms with Crippen LogP contribution in [0, 0.1) is 0 Å². The molecule has 9 nitrogen and oxygen atoms in total. The summed E-state index contributed by atoms with van der Waals surface area (Å²) in [5.74, 6) is -1.01. The number of pyridine rings is 1. The van der Waals surface area contributed by atoms with E-state index in [1.165, 1.54) is 25.4 Å². The number of rotatable bonds is 8. The fraction of sp³-hybridized carbons (Fsp3) is 0.231. The first-order valence-electron chi connectivity index (χ1n) is 11.5. The summed E-state index contributed by atoms with van der Waals surface area (Å²) < 4.78 is 52.7. The molecule has 1 aliphatic heterocycles. The van der Waals surface area contributed by atoms with Gasteiger partial charge >= 0.3 is 12.5 Å². The van der Waals surface area contributed by atoms with Gasteiger partial charge in [0.05, 0.1) is 13.7 Å². The molecule has 3 aromatic rings. The fourth-order valence-electron chi connectivity index (χ4n) is 3.69. The van der Waals surface area contributed by atoms with Crippen molar-refractivity contribution in [3.63, 3.8) is 0 Å². The van der Waals surface area contributed by atoms with Crippen LogP contribution in [0.3, 0.4) is 0 Å². The Balaban J connectivity index is 1.53. The molecule has 1 unspecified atom stereocenters. The van der Waals surface area contributed by atoms with Gasteiger partial charge in [0, 0.05) is 17.4 Å². The number of aromatic nitrogens is 1. The summed E-state index contributed by atoms with van der Waals surface area (Å²) in [6.07, 6.45) is -4.34. The standard InChI is InChI=1S/C26H23F3N4O5/c1-3-20-23(17-9-12-21(22(14-17)36-2)38-26(27,28)29)32-33(25(35)37-20)15-16-7-10-18(11-8-16)31-24(34)19-6-4-5-13-30-19/h4-14,20H,3,15H2,1-2H3,(H,31,34). The van der Waals surface area contributed by atoms with Gasteiger partial charge in [-0.3, -0.25) is 9.78 Å². The number of ether oxygens (including phenoxy) is 3. The maximum absolute atomic E-state index is 12.7. The summed E-state index contributed by atoms with van der Waals surface area (Å²) in [6, 6.07) is 15.7. The number of cyclic esters (lactones) is 1. The van der Waals surface area contributed by atoms with E-state index in [9.17, 15) is 22.8 Å². The van der Waals surface area contributed by atoms with Crippen molar-refractivity contribution in [1.82, 2.24) is 9.99 Å². The van der Waals surface area contributed by atoms with Gasteiger partial charge < -0.3 is 19.5 Å². The number of nitrogens with zero attached hydrogens (tertiary/aromatic N) is 3. The molecule has 0 bridgehead atoms. The van der Waals surface area contributed by atoms with Gasteiger partial charge in [-0.05, 0) is 54.4 Å². The van der Waals surface area contributed by atoms with Crippen molar-refractivity contribution in [3.05, 3.63) is 83.7 Å². The van der Waals surface area contributed by atoms with Crippen molar-refractivity contribution in [3.8, 4) is 11.5 Å². The molecule has 2 aromatic carbocycles. The Hall–Kier alpha value is -4.61. The summed E-state index contributed by atoms with van der Waals surface area (Å²) in [7, 11) is 1.22. The highest BCUT2D eigenvalue weighted by Crippen LogP contribution is 2.34. The van der Waals surface area contributed by atoms with E-state index in [0.29, 0.717) is 28.9 Å². The van der Waals surface area contributed by atoms with Gasteiger partial charge in [0.25, 0.3) is 5.91 Å². The number of hydrogen-bond acceptors (Lipinski definition) is 7. The van der Waals surface area contributed by atoms with Crippen molar-refractivity contribution in [2.24, 2.45) is 5.10 Å². The summed E-state index contributed by atoms with van der Waals surface area (Å²) in [5.41, 5.74) is 2.27. The van der Waals surface area contributed by atoms with E-state index in [0.717, 1.165) is 11.1 Å². The van der Waals surface area contributed by atoms with Crippen molar-refractivity contribution in [2.75, 3.05) is 12.4 Å². The average molecular weight is 528 g/mol. The molecule has 12 heteroatoms. The summed E-state index contributed by atoms with van der Waals surface area (Å²) in [6.45, 7) is 1.85. The van der Waals surface area contributed by atoms with Gasteiger partial charge in [0.15, 0.2) is 11.5 Å². The quantitative estimate of drug-likeness (QED) is 0.422. The third kappa shape index (κ3) is 6.38. The predicted molar refractivity (Wildman–Crippen MR) is 131 cm³/mol. The minimum Gasteiger partial charge on any atom is -0.493 e. The maximum atomic E-state index is 12.7. The number of hydrazone groups is 1. The highest BCUT2D eigenvalue weighted by molar-refractivity contribution is 6.06. The van der Waals surface area contributed by atoms with Gasteiger partial charge in [-0.25, -0.2) is 4.79 Å². The highest BCUT2D eigenvalue weighted by Gasteiger charge is 2.34. The van der Waals surface area contributed by atoms with Gasteiger partial charge in [0.2, 0.25) is 0 Å². The number of alkyl halides is 3. The number of carbonyl (C=O) groups is 2. The molecule has 1 atom stereocenters. The second kappa shape index (κ2) is 11.2. The van der Waals surface area contributed by atoms with Gasteiger partial charge in [-0.2, -0.15) is 10.1 Å². The van der Waals surface area contributed by atoms with Crippen molar-refractivity contribution < 1.29 is 37.0 Å². The third-order valence-electron chi connectivity index (χ3n) is 5.48. The lowest BCUT2D eigenvalue weighted by atomic mass is 10.0. The van der Waals surface area contributed by atoms with E-state index < -0.39 is 24.3 Å². The first kappa shape index (κ1) is 26.5. The molecular formula is C26H23F3N4O5. The van der Waals surface area contributed by atoms with Crippen LogP contribution in [0.5, 0.6) is 11.5 Å². The highest BCUT2D eigenvalue weighted by atomic mass is 19.4. The van der Waals surface area contributed by atoms with Crippen LogP contribution in [0.2, 0.25) is 0 Å². The molecule has 2 amide bonds. The predicted octanol–water partition coefficient (Wildman–Crippen LogP) is 5.38. The molecular weight excluding hydrogens is 505 g/mol. The van der Waals surface area contributed by atoms with Crippen LogP contribution in [0.25, 0.3) is 0 Å². The van der Waals surface area contributed by atoms with Gasteiger partial charge in [-0.1, -0.05) is 25.1 Å². The Labute approximate surface area is 215 Å². The average Bonchev–Trinajstić information content (AvgIpc) is 2.90. The van der Waals surface area contributed by atoms with Crippen LogP contribution in [-0.4, -0.2) is 47.3 Å². The Morgan fingerprint density at radius 3 is 2.50 bits per heavy atom. The molecule has 2 heterocycles. The number of anilines is 1. The van der Waals surface area contributed by atoms with E-state index in [1.54, 1.807) is 49.4 Å². The number of amides is 2. The minimum absolute atomic E-state index is 0.0552. The van der Waals surface area contributed by atoms with Crippen LogP contribution in [0.4, 0.5) is 23.7 Å². The van der Waals surface area contributed by atoms with E-state index in [2.05, 4.69) is 20.1 Å². The topological polar surface area (TPSA) is 102 Å². The lowest BCUT2D eigenvalue weighted by Gasteiger charge is -2.29. The lowest BCUT2D eigenvalue weighted by Crippen LogP contribution is -2.41. The molecule has 0 aliphatic carbocycles. The Morgan fingerprint density at radius 1 is 1.11 bits per heavy atom. The third-order valence-corrected chi connectivity index (χ3v) is 5.48. The minimum atomic E-state index is -4.88. The van der Waals surface area contributed by atoms with Crippen LogP contribution in [0.1, 0.15) is 35.0 Å². The number of benzene rings is 2. The molecule has 1 aliphatic rings. The first-order chi connectivity index (χ1) is 18.2. The number of nitrogens with one attached hydrogen (secondary N) is 1. The number of carbonyl (C=O) groups excluding carboxylic acids is 2. The molecule has 38 heavy (non-hydrogen) atoms. The van der Waals surface area contributed by atoms with Crippen molar-refractivity contribution >= 4 is 23.4 Å². The first-order valence-corrected chi connectivity index (χ1v) is 11.5. The zero-order valence-electron chi connectivity index (χ0n) is 20.4. The van der Waals surface area contributed by atoms with E-state index in [1.807, 2.05) is 0 Å². The molecule has 1 aromatic heterocycles. The van der Waals surface area contributed by atoms with E-state index in [-0.39, 0.29) is 23.9 Å². The Kier molecular flexibility index (Phi) is 7.79. The second-order valence-corrected chi connectivity index (χ2v) is 8.10. The van der Waals surface area contributed by atoms with E-state index >= 15 is 0 Å².